The third-order valence-corrected chi connectivity index (χ3v) is 3.43. The van der Waals surface area contributed by atoms with Gasteiger partial charge in [-0.2, -0.15) is 10.5 Å². The van der Waals surface area contributed by atoms with Crippen molar-refractivity contribution in [2.24, 2.45) is 0 Å². The van der Waals surface area contributed by atoms with Crippen LogP contribution in [-0.2, 0) is 0 Å². The standard InChI is InChI=1S/C19H12N4O4/c20-11-15(12-21)18(24)16(22-19(25)13-6-2-1-3-7-13)10-14-8-4-5-9-17(14)23(26)27/h1-10,24H,(H,22,25)/b16-10+. The van der Waals surface area contributed by atoms with E-state index in [1.165, 1.54) is 48.5 Å². The summed E-state index contributed by atoms with van der Waals surface area (Å²) in [5, 5.41) is 41.7. The lowest BCUT2D eigenvalue weighted by Crippen LogP contribution is -2.24. The Bertz CT molecular complexity index is 1010. The molecule has 0 aliphatic rings. The second-order valence-corrected chi connectivity index (χ2v) is 5.14. The molecule has 0 unspecified atom stereocenters. The minimum atomic E-state index is -0.789. The molecule has 0 aliphatic carbocycles. The van der Waals surface area contributed by atoms with E-state index >= 15 is 0 Å². The predicted molar refractivity (Wildman–Crippen MR) is 95.9 cm³/mol. The SMILES string of the molecule is N#CC(C#N)=C(O)/C(=C\c1ccccc1[N+](=O)[O-])NC(=O)c1ccccc1. The van der Waals surface area contributed by atoms with Crippen LogP contribution in [0.3, 0.4) is 0 Å². The van der Waals surface area contributed by atoms with E-state index in [4.69, 9.17) is 10.5 Å². The van der Waals surface area contributed by atoms with Gasteiger partial charge in [0.05, 0.1) is 16.2 Å². The van der Waals surface area contributed by atoms with Crippen LogP contribution in [0.1, 0.15) is 15.9 Å². The second-order valence-electron chi connectivity index (χ2n) is 5.14. The lowest BCUT2D eigenvalue weighted by molar-refractivity contribution is -0.385. The lowest BCUT2D eigenvalue weighted by atomic mass is 10.1. The highest BCUT2D eigenvalue weighted by Crippen LogP contribution is 2.22. The number of para-hydroxylation sites is 1. The highest BCUT2D eigenvalue weighted by molar-refractivity contribution is 5.96. The number of carbonyl (C=O) groups is 1. The normalized spacial score (nSPS) is 10.2. The number of amides is 1. The number of aliphatic hydroxyl groups is 1. The molecule has 1 amide bonds. The van der Waals surface area contributed by atoms with Crippen LogP contribution < -0.4 is 5.32 Å². The number of benzene rings is 2. The summed E-state index contributed by atoms with van der Waals surface area (Å²) in [6, 6.07) is 16.7. The van der Waals surface area contributed by atoms with Crippen LogP contribution in [0.2, 0.25) is 0 Å². The van der Waals surface area contributed by atoms with Crippen molar-refractivity contribution in [2.75, 3.05) is 0 Å². The Morgan fingerprint density at radius 2 is 1.67 bits per heavy atom. The van der Waals surface area contributed by atoms with E-state index < -0.39 is 22.2 Å². The molecule has 27 heavy (non-hydrogen) atoms. The van der Waals surface area contributed by atoms with Crippen LogP contribution >= 0.6 is 0 Å². The minimum absolute atomic E-state index is 0.0765. The van der Waals surface area contributed by atoms with Gasteiger partial charge in [0.2, 0.25) is 0 Å². The summed E-state index contributed by atoms with van der Waals surface area (Å²) in [4.78, 5) is 22.9. The topological polar surface area (TPSA) is 140 Å². The fraction of sp³-hybridized carbons (Fsp3) is 0. The van der Waals surface area contributed by atoms with Gasteiger partial charge < -0.3 is 10.4 Å². The van der Waals surface area contributed by atoms with E-state index in [-0.39, 0.29) is 22.5 Å². The third-order valence-electron chi connectivity index (χ3n) is 3.43. The highest BCUT2D eigenvalue weighted by Gasteiger charge is 2.18. The van der Waals surface area contributed by atoms with Crippen molar-refractivity contribution < 1.29 is 14.8 Å². The lowest BCUT2D eigenvalue weighted by Gasteiger charge is -2.10. The maximum absolute atomic E-state index is 12.4. The van der Waals surface area contributed by atoms with Crippen molar-refractivity contribution in [1.29, 1.82) is 10.5 Å². The number of nitrogens with zero attached hydrogens (tertiary/aromatic N) is 3. The molecule has 0 heterocycles. The van der Waals surface area contributed by atoms with Crippen molar-refractivity contribution in [3.63, 3.8) is 0 Å². The summed E-state index contributed by atoms with van der Waals surface area (Å²) in [5.74, 6) is -1.41. The second kappa shape index (κ2) is 8.60. The van der Waals surface area contributed by atoms with Gasteiger partial charge in [0.25, 0.3) is 11.6 Å². The first-order chi connectivity index (χ1) is 13.0. The van der Waals surface area contributed by atoms with Crippen LogP contribution in [0, 0.1) is 32.8 Å². The van der Waals surface area contributed by atoms with E-state index in [1.54, 1.807) is 18.2 Å². The van der Waals surface area contributed by atoms with Gasteiger partial charge in [-0.1, -0.05) is 30.3 Å². The molecule has 2 aromatic carbocycles. The van der Waals surface area contributed by atoms with Gasteiger partial charge in [0, 0.05) is 11.6 Å². The van der Waals surface area contributed by atoms with Crippen LogP contribution in [0.15, 0.2) is 71.6 Å². The molecule has 0 aliphatic heterocycles. The molecule has 0 fully saturated rings. The fourth-order valence-electron chi connectivity index (χ4n) is 2.14. The monoisotopic (exact) mass is 360 g/mol. The van der Waals surface area contributed by atoms with Gasteiger partial charge in [-0.05, 0) is 24.3 Å². The Labute approximate surface area is 154 Å². The van der Waals surface area contributed by atoms with Crippen LogP contribution in [0.4, 0.5) is 5.69 Å². The van der Waals surface area contributed by atoms with Crippen molar-refractivity contribution in [2.45, 2.75) is 0 Å². The van der Waals surface area contributed by atoms with Crippen molar-refractivity contribution in [1.82, 2.24) is 5.32 Å². The summed E-state index contributed by atoms with van der Waals surface area (Å²) in [5.41, 5.74) is -0.890. The molecular weight excluding hydrogens is 348 g/mol. The first-order valence-electron chi connectivity index (χ1n) is 7.53. The molecule has 2 N–H and O–H groups in total. The average molecular weight is 360 g/mol. The number of rotatable bonds is 5. The Kier molecular flexibility index (Phi) is 6.02. The van der Waals surface area contributed by atoms with Crippen molar-refractivity contribution in [3.05, 3.63) is 92.9 Å². The predicted octanol–water partition coefficient (Wildman–Crippen LogP) is 3.22. The Hall–Kier alpha value is -4.43. The molecule has 0 saturated heterocycles. The number of nitriles is 2. The summed E-state index contributed by atoms with van der Waals surface area (Å²) in [6.07, 6.45) is 1.13. The molecule has 0 aromatic heterocycles. The summed E-state index contributed by atoms with van der Waals surface area (Å²) in [6.45, 7) is 0. The van der Waals surface area contributed by atoms with Crippen LogP contribution in [0.25, 0.3) is 6.08 Å². The van der Waals surface area contributed by atoms with Gasteiger partial charge in [-0.15, -0.1) is 0 Å². The number of nitro groups is 1. The van der Waals surface area contributed by atoms with Crippen molar-refractivity contribution >= 4 is 17.7 Å². The average Bonchev–Trinajstić information content (AvgIpc) is 2.69. The van der Waals surface area contributed by atoms with Gasteiger partial charge in [0.15, 0.2) is 11.3 Å². The molecule has 0 atom stereocenters. The van der Waals surface area contributed by atoms with Crippen LogP contribution in [0.5, 0.6) is 0 Å². The molecule has 0 spiro atoms. The Balaban J connectivity index is 2.57. The molecule has 0 radical (unpaired) electrons. The summed E-state index contributed by atoms with van der Waals surface area (Å²) >= 11 is 0. The van der Waals surface area contributed by atoms with E-state index in [9.17, 15) is 20.0 Å². The number of hydrogen-bond donors (Lipinski definition) is 2. The molecular formula is C19H12N4O4. The maximum Gasteiger partial charge on any atom is 0.276 e. The fourth-order valence-corrected chi connectivity index (χ4v) is 2.14. The number of nitro benzene ring substituents is 1. The Morgan fingerprint density at radius 1 is 1.07 bits per heavy atom. The smallest absolute Gasteiger partial charge is 0.276 e. The molecule has 0 bridgehead atoms. The molecule has 8 heteroatoms. The quantitative estimate of drug-likeness (QED) is 0.276. The molecule has 132 valence electrons. The number of aliphatic hydroxyl groups excluding tert-OH is 1. The van der Waals surface area contributed by atoms with E-state index in [0.717, 1.165) is 6.08 Å². The number of carbonyl (C=O) groups excluding carboxylic acids is 1. The van der Waals surface area contributed by atoms with Crippen molar-refractivity contribution in [3.8, 4) is 12.1 Å². The summed E-state index contributed by atoms with van der Waals surface area (Å²) < 4.78 is 0. The van der Waals surface area contributed by atoms with E-state index in [2.05, 4.69) is 5.32 Å². The molecule has 8 nitrogen and oxygen atoms in total. The van der Waals surface area contributed by atoms with Gasteiger partial charge in [0.1, 0.15) is 12.1 Å². The maximum atomic E-state index is 12.4. The number of hydrogen-bond acceptors (Lipinski definition) is 6. The Morgan fingerprint density at radius 3 is 2.26 bits per heavy atom. The molecule has 0 saturated carbocycles. The zero-order valence-electron chi connectivity index (χ0n) is 13.8. The largest absolute Gasteiger partial charge is 0.504 e. The van der Waals surface area contributed by atoms with E-state index in [1.807, 2.05) is 0 Å². The first kappa shape index (κ1) is 18.9. The zero-order valence-corrected chi connectivity index (χ0v) is 13.8. The third kappa shape index (κ3) is 4.56. The molecule has 2 aromatic rings. The first-order valence-corrected chi connectivity index (χ1v) is 7.53. The minimum Gasteiger partial charge on any atom is -0.504 e. The van der Waals surface area contributed by atoms with Gasteiger partial charge in [-0.3, -0.25) is 14.9 Å². The van der Waals surface area contributed by atoms with E-state index in [0.29, 0.717) is 0 Å². The van der Waals surface area contributed by atoms with Gasteiger partial charge >= 0.3 is 0 Å². The number of allylic oxidation sites excluding steroid dienone is 1. The zero-order chi connectivity index (χ0) is 19.8. The number of nitrogens with one attached hydrogen (secondary N) is 1. The highest BCUT2D eigenvalue weighted by atomic mass is 16.6. The summed E-state index contributed by atoms with van der Waals surface area (Å²) in [7, 11) is 0. The molecule has 2 rings (SSSR count). The van der Waals surface area contributed by atoms with Gasteiger partial charge in [-0.25, -0.2) is 0 Å². The van der Waals surface area contributed by atoms with Crippen LogP contribution in [-0.4, -0.2) is 15.9 Å².